The molecule has 8 heteroatoms. The Hall–Kier alpha value is -0.880. The van der Waals surface area contributed by atoms with Gasteiger partial charge in [-0.2, -0.15) is 0 Å². The highest BCUT2D eigenvalue weighted by atomic mass is 35.5. The van der Waals surface area contributed by atoms with Gasteiger partial charge in [-0.1, -0.05) is 76.7 Å². The minimum atomic E-state index is -3.70. The molecule has 1 atom stereocenters. The van der Waals surface area contributed by atoms with Crippen LogP contribution in [0.15, 0.2) is 76.5 Å². The maximum absolute atomic E-state index is 13.1. The number of thioether (sulfide) groups is 1. The van der Waals surface area contributed by atoms with Crippen LogP contribution in [0.4, 0.5) is 0 Å². The van der Waals surface area contributed by atoms with Crippen LogP contribution in [0.5, 0.6) is 0 Å². The summed E-state index contributed by atoms with van der Waals surface area (Å²) in [5.41, 5.74) is 0.875. The predicted octanol–water partition coefficient (Wildman–Crippen LogP) is 7.61. The fourth-order valence-corrected chi connectivity index (χ4v) is 6.86. The SMILES string of the molecule is O=S(=O)(C[C@H](Sc1ccc(Cl)c(Cl)c1)c1ccccc1)c1cc(Cl)ccc1Cl. The van der Waals surface area contributed by atoms with Crippen molar-refractivity contribution in [2.45, 2.75) is 15.0 Å². The van der Waals surface area contributed by atoms with Gasteiger partial charge in [-0.05, 0) is 42.0 Å². The Morgan fingerprint density at radius 3 is 2.14 bits per heavy atom. The number of halogens is 4. The molecule has 3 aromatic carbocycles. The molecular formula is C20H14Cl4O2S2. The fourth-order valence-electron chi connectivity index (χ4n) is 2.59. The van der Waals surface area contributed by atoms with Gasteiger partial charge < -0.3 is 0 Å². The van der Waals surface area contributed by atoms with E-state index in [0.29, 0.717) is 15.1 Å². The first-order valence-electron chi connectivity index (χ1n) is 8.11. The van der Waals surface area contributed by atoms with Crippen LogP contribution in [-0.2, 0) is 9.84 Å². The van der Waals surface area contributed by atoms with Crippen LogP contribution >= 0.6 is 58.2 Å². The van der Waals surface area contributed by atoms with E-state index in [2.05, 4.69) is 0 Å². The van der Waals surface area contributed by atoms with Gasteiger partial charge in [-0.3, -0.25) is 0 Å². The highest BCUT2D eigenvalue weighted by molar-refractivity contribution is 8.01. The summed E-state index contributed by atoms with van der Waals surface area (Å²) in [6, 6.07) is 19.1. The Morgan fingerprint density at radius 1 is 0.786 bits per heavy atom. The first-order chi connectivity index (χ1) is 13.3. The minimum absolute atomic E-state index is 0.0253. The summed E-state index contributed by atoms with van der Waals surface area (Å²) in [6.45, 7) is 0. The summed E-state index contributed by atoms with van der Waals surface area (Å²) in [6.07, 6.45) is 0. The molecule has 0 saturated carbocycles. The van der Waals surface area contributed by atoms with Gasteiger partial charge in [0.1, 0.15) is 0 Å². The van der Waals surface area contributed by atoms with Crippen molar-refractivity contribution < 1.29 is 8.42 Å². The van der Waals surface area contributed by atoms with Crippen molar-refractivity contribution in [2.24, 2.45) is 0 Å². The second-order valence-corrected chi connectivity index (χ2v) is 10.9. The van der Waals surface area contributed by atoms with Gasteiger partial charge in [0.25, 0.3) is 0 Å². The van der Waals surface area contributed by atoms with Crippen LogP contribution in [0.2, 0.25) is 20.1 Å². The van der Waals surface area contributed by atoms with Crippen molar-refractivity contribution >= 4 is 68.0 Å². The Bertz CT molecular complexity index is 1090. The van der Waals surface area contributed by atoms with Crippen LogP contribution in [0, 0.1) is 0 Å². The largest absolute Gasteiger partial charge is 0.224 e. The molecule has 0 saturated heterocycles. The molecule has 0 radical (unpaired) electrons. The molecular weight excluding hydrogens is 478 g/mol. The molecule has 146 valence electrons. The third kappa shape index (κ3) is 5.38. The Balaban J connectivity index is 1.97. The van der Waals surface area contributed by atoms with Gasteiger partial charge in [-0.15, -0.1) is 11.8 Å². The maximum Gasteiger partial charge on any atom is 0.181 e. The van der Waals surface area contributed by atoms with E-state index in [1.807, 2.05) is 36.4 Å². The van der Waals surface area contributed by atoms with Crippen molar-refractivity contribution in [2.75, 3.05) is 5.75 Å². The average molecular weight is 492 g/mol. The molecule has 3 aromatic rings. The molecule has 0 amide bonds. The van der Waals surface area contributed by atoms with E-state index in [9.17, 15) is 8.42 Å². The lowest BCUT2D eigenvalue weighted by Crippen LogP contribution is -2.13. The molecule has 2 nitrogen and oxygen atoms in total. The second-order valence-electron chi connectivity index (χ2n) is 5.95. The van der Waals surface area contributed by atoms with Crippen molar-refractivity contribution in [3.8, 4) is 0 Å². The zero-order valence-corrected chi connectivity index (χ0v) is 18.9. The Morgan fingerprint density at radius 2 is 1.46 bits per heavy atom. The summed E-state index contributed by atoms with van der Waals surface area (Å²) in [4.78, 5) is 0.841. The standard InChI is InChI=1S/C20H14Cl4O2S2/c21-14-6-8-17(23)20(10-14)28(25,26)12-19(13-4-2-1-3-5-13)27-15-7-9-16(22)18(24)11-15/h1-11,19H,12H2/t19-/m0/s1. The van der Waals surface area contributed by atoms with E-state index in [-0.39, 0.29) is 20.9 Å². The van der Waals surface area contributed by atoms with E-state index in [4.69, 9.17) is 46.4 Å². The number of hydrogen-bond acceptors (Lipinski definition) is 3. The lowest BCUT2D eigenvalue weighted by atomic mass is 10.2. The monoisotopic (exact) mass is 490 g/mol. The molecule has 0 unspecified atom stereocenters. The molecule has 0 aliphatic rings. The zero-order valence-electron chi connectivity index (χ0n) is 14.3. The van der Waals surface area contributed by atoms with E-state index >= 15 is 0 Å². The van der Waals surface area contributed by atoms with Gasteiger partial charge in [0.05, 0.1) is 25.7 Å². The topological polar surface area (TPSA) is 34.1 Å². The summed E-state index contributed by atoms with van der Waals surface area (Å²) < 4.78 is 26.2. The van der Waals surface area contributed by atoms with Crippen LogP contribution in [0.25, 0.3) is 0 Å². The van der Waals surface area contributed by atoms with Crippen LogP contribution in [-0.4, -0.2) is 14.2 Å². The van der Waals surface area contributed by atoms with Crippen LogP contribution < -0.4 is 0 Å². The van der Waals surface area contributed by atoms with Gasteiger partial charge in [0.15, 0.2) is 9.84 Å². The third-order valence-corrected chi connectivity index (χ3v) is 8.60. The van der Waals surface area contributed by atoms with E-state index in [1.54, 1.807) is 18.2 Å². The first-order valence-corrected chi connectivity index (χ1v) is 12.1. The van der Waals surface area contributed by atoms with E-state index in [1.165, 1.54) is 23.9 Å². The van der Waals surface area contributed by atoms with Gasteiger partial charge >= 0.3 is 0 Å². The smallest absolute Gasteiger partial charge is 0.181 e. The molecule has 0 bridgehead atoms. The van der Waals surface area contributed by atoms with Gasteiger partial charge in [-0.25, -0.2) is 8.42 Å². The van der Waals surface area contributed by atoms with Crippen molar-refractivity contribution in [1.82, 2.24) is 0 Å². The summed E-state index contributed by atoms with van der Waals surface area (Å²) in [5, 5.41) is 0.949. The normalized spacial score (nSPS) is 12.7. The Kier molecular flexibility index (Phi) is 7.24. The molecule has 0 heterocycles. The lowest BCUT2D eigenvalue weighted by molar-refractivity contribution is 0.595. The quantitative estimate of drug-likeness (QED) is 0.332. The van der Waals surface area contributed by atoms with E-state index in [0.717, 1.165) is 10.5 Å². The summed E-state index contributed by atoms with van der Waals surface area (Å²) >= 11 is 25.6. The Labute approximate surface area is 188 Å². The number of sulfone groups is 1. The third-order valence-electron chi connectivity index (χ3n) is 3.94. The average Bonchev–Trinajstić information content (AvgIpc) is 2.66. The molecule has 0 aliphatic heterocycles. The van der Waals surface area contributed by atoms with E-state index < -0.39 is 9.84 Å². The van der Waals surface area contributed by atoms with Crippen LogP contribution in [0.3, 0.4) is 0 Å². The van der Waals surface area contributed by atoms with Crippen molar-refractivity contribution in [3.05, 3.63) is 92.4 Å². The van der Waals surface area contributed by atoms with Crippen molar-refractivity contribution in [1.29, 1.82) is 0 Å². The first kappa shape index (κ1) is 21.8. The molecule has 0 aliphatic carbocycles. The van der Waals surface area contributed by atoms with Crippen molar-refractivity contribution in [3.63, 3.8) is 0 Å². The fraction of sp³-hybridized carbons (Fsp3) is 0.100. The maximum atomic E-state index is 13.1. The highest BCUT2D eigenvalue weighted by Crippen LogP contribution is 2.40. The highest BCUT2D eigenvalue weighted by Gasteiger charge is 2.26. The number of benzene rings is 3. The van der Waals surface area contributed by atoms with Gasteiger partial charge in [0, 0.05) is 15.2 Å². The molecule has 28 heavy (non-hydrogen) atoms. The minimum Gasteiger partial charge on any atom is -0.224 e. The predicted molar refractivity (Wildman–Crippen MR) is 120 cm³/mol. The number of hydrogen-bond donors (Lipinski definition) is 0. The lowest BCUT2D eigenvalue weighted by Gasteiger charge is -2.18. The molecule has 0 spiro atoms. The van der Waals surface area contributed by atoms with Crippen LogP contribution in [0.1, 0.15) is 10.8 Å². The summed E-state index contributed by atoms with van der Waals surface area (Å²) in [5.74, 6) is -0.151. The molecule has 3 rings (SSSR count). The molecule has 0 aromatic heterocycles. The van der Waals surface area contributed by atoms with Gasteiger partial charge in [0.2, 0.25) is 0 Å². The zero-order chi connectivity index (χ0) is 20.3. The molecule has 0 fully saturated rings. The second kappa shape index (κ2) is 9.29. The number of rotatable bonds is 6. The molecule has 0 N–H and O–H groups in total. The summed E-state index contributed by atoms with van der Waals surface area (Å²) in [7, 11) is -3.70.